The molecule has 2 rings (SSSR count). The molecule has 0 atom stereocenters. The second-order valence-corrected chi connectivity index (χ2v) is 5.02. The molecule has 1 aromatic heterocycles. The van der Waals surface area contributed by atoms with Crippen molar-refractivity contribution in [3.8, 4) is 0 Å². The molecule has 0 saturated carbocycles. The summed E-state index contributed by atoms with van der Waals surface area (Å²) in [5.41, 5.74) is 2.27. The summed E-state index contributed by atoms with van der Waals surface area (Å²) in [6.45, 7) is 0. The number of nitrogens with one attached hydrogen (secondary N) is 1. The van der Waals surface area contributed by atoms with Crippen molar-refractivity contribution >= 4 is 37.9 Å². The molecule has 0 aliphatic carbocycles. The van der Waals surface area contributed by atoms with Gasteiger partial charge in [0.05, 0.1) is 18.2 Å². The van der Waals surface area contributed by atoms with Gasteiger partial charge in [-0.05, 0) is 30.2 Å². The molecule has 2 nitrogen and oxygen atoms in total. The van der Waals surface area contributed by atoms with E-state index in [4.69, 9.17) is 0 Å². The van der Waals surface area contributed by atoms with E-state index in [9.17, 15) is 0 Å². The quantitative estimate of drug-likeness (QED) is 0.890. The Kier molecular flexibility index (Phi) is 3.96. The Labute approximate surface area is 111 Å². The van der Waals surface area contributed by atoms with Gasteiger partial charge in [-0.2, -0.15) is 0 Å². The molecule has 0 spiro atoms. The average molecular weight is 342 g/mol. The number of H-pyrrole nitrogens is 1. The minimum absolute atomic E-state index is 0.876. The van der Waals surface area contributed by atoms with E-state index in [1.54, 1.807) is 12.5 Å². The molecular weight excluding hydrogens is 332 g/mol. The number of halogens is 2. The van der Waals surface area contributed by atoms with Crippen LogP contribution >= 0.6 is 31.9 Å². The summed E-state index contributed by atoms with van der Waals surface area (Å²) >= 11 is 7.08. The number of nitrogens with zero attached hydrogens (tertiary/aromatic N) is 1. The van der Waals surface area contributed by atoms with Crippen LogP contribution in [0.15, 0.2) is 45.7 Å². The molecular formula is C12H10Br2N2. The van der Waals surface area contributed by atoms with E-state index in [1.165, 1.54) is 5.56 Å². The number of imidazole rings is 1. The van der Waals surface area contributed by atoms with Gasteiger partial charge >= 0.3 is 0 Å². The lowest BCUT2D eigenvalue weighted by Crippen LogP contribution is -1.85. The fourth-order valence-corrected chi connectivity index (χ4v) is 2.71. The van der Waals surface area contributed by atoms with Crippen LogP contribution in [0.25, 0.3) is 6.08 Å². The van der Waals surface area contributed by atoms with Gasteiger partial charge in [0.2, 0.25) is 0 Å². The SMILES string of the molecule is Brc1cccc(Br)c1CC=Cc1cnc[nH]1. The first-order valence-corrected chi connectivity index (χ1v) is 6.44. The van der Waals surface area contributed by atoms with E-state index in [2.05, 4.69) is 47.9 Å². The molecule has 0 saturated heterocycles. The van der Waals surface area contributed by atoms with E-state index in [1.807, 2.05) is 24.3 Å². The topological polar surface area (TPSA) is 28.7 Å². The lowest BCUT2D eigenvalue weighted by Gasteiger charge is -2.03. The summed E-state index contributed by atoms with van der Waals surface area (Å²) < 4.78 is 2.24. The summed E-state index contributed by atoms with van der Waals surface area (Å²) in [5.74, 6) is 0. The fourth-order valence-electron chi connectivity index (χ4n) is 1.39. The highest BCUT2D eigenvalue weighted by Crippen LogP contribution is 2.25. The van der Waals surface area contributed by atoms with E-state index < -0.39 is 0 Å². The maximum absolute atomic E-state index is 3.96. The standard InChI is InChI=1S/C12H10Br2N2/c13-11-5-2-6-12(14)10(11)4-1-3-9-7-15-8-16-9/h1-3,5-8H,4H2,(H,15,16). The van der Waals surface area contributed by atoms with Gasteiger partial charge in [0, 0.05) is 8.95 Å². The Balaban J connectivity index is 2.10. The van der Waals surface area contributed by atoms with Gasteiger partial charge < -0.3 is 4.98 Å². The highest BCUT2D eigenvalue weighted by atomic mass is 79.9. The number of allylic oxidation sites excluding steroid dienone is 1. The normalized spacial score (nSPS) is 11.1. The van der Waals surface area contributed by atoms with Gasteiger partial charge in [-0.15, -0.1) is 0 Å². The first-order chi connectivity index (χ1) is 7.77. The largest absolute Gasteiger partial charge is 0.345 e. The molecule has 0 amide bonds. The van der Waals surface area contributed by atoms with Crippen LogP contribution in [-0.2, 0) is 6.42 Å². The highest BCUT2D eigenvalue weighted by Gasteiger charge is 2.01. The predicted octanol–water partition coefficient (Wildman–Crippen LogP) is 4.19. The molecule has 1 aromatic carbocycles. The number of rotatable bonds is 3. The third kappa shape index (κ3) is 2.83. The Morgan fingerprint density at radius 2 is 2.00 bits per heavy atom. The Morgan fingerprint density at radius 3 is 2.62 bits per heavy atom. The third-order valence-electron chi connectivity index (χ3n) is 2.20. The number of aromatic nitrogens is 2. The van der Waals surface area contributed by atoms with E-state index >= 15 is 0 Å². The van der Waals surface area contributed by atoms with Gasteiger partial charge in [0.25, 0.3) is 0 Å². The summed E-state index contributed by atoms with van der Waals surface area (Å²) in [5, 5.41) is 0. The molecule has 16 heavy (non-hydrogen) atoms. The number of benzene rings is 1. The lowest BCUT2D eigenvalue weighted by atomic mass is 10.1. The number of hydrogen-bond acceptors (Lipinski definition) is 1. The predicted molar refractivity (Wildman–Crippen MR) is 73.2 cm³/mol. The van der Waals surface area contributed by atoms with E-state index in [0.29, 0.717) is 0 Å². The van der Waals surface area contributed by atoms with Crippen molar-refractivity contribution in [2.45, 2.75) is 6.42 Å². The average Bonchev–Trinajstić information content (AvgIpc) is 2.75. The van der Waals surface area contributed by atoms with E-state index in [0.717, 1.165) is 21.1 Å². The van der Waals surface area contributed by atoms with Crippen LogP contribution in [-0.4, -0.2) is 9.97 Å². The summed E-state index contributed by atoms with van der Waals surface area (Å²) in [7, 11) is 0. The zero-order valence-corrected chi connectivity index (χ0v) is 11.6. The van der Waals surface area contributed by atoms with Crippen molar-refractivity contribution in [1.29, 1.82) is 0 Å². The van der Waals surface area contributed by atoms with Gasteiger partial charge in [-0.25, -0.2) is 4.98 Å². The Morgan fingerprint density at radius 1 is 1.25 bits per heavy atom. The summed E-state index contributed by atoms with van der Waals surface area (Å²) in [4.78, 5) is 6.99. The van der Waals surface area contributed by atoms with Crippen molar-refractivity contribution in [2.75, 3.05) is 0 Å². The molecule has 0 unspecified atom stereocenters. The maximum Gasteiger partial charge on any atom is 0.0924 e. The van der Waals surface area contributed by atoms with Crippen molar-refractivity contribution in [1.82, 2.24) is 9.97 Å². The molecule has 1 N–H and O–H groups in total. The molecule has 0 radical (unpaired) electrons. The van der Waals surface area contributed by atoms with Crippen LogP contribution in [0, 0.1) is 0 Å². The molecule has 0 fully saturated rings. The third-order valence-corrected chi connectivity index (χ3v) is 3.69. The Hall–Kier alpha value is -0.870. The minimum atomic E-state index is 0.876. The molecule has 0 bridgehead atoms. The van der Waals surface area contributed by atoms with Crippen molar-refractivity contribution in [3.05, 3.63) is 57.0 Å². The molecule has 4 heteroatoms. The Bertz CT molecular complexity index is 469. The van der Waals surface area contributed by atoms with Crippen LogP contribution in [0.2, 0.25) is 0 Å². The van der Waals surface area contributed by atoms with Gasteiger partial charge in [0.15, 0.2) is 0 Å². The summed E-state index contributed by atoms with van der Waals surface area (Å²) in [6, 6.07) is 6.10. The fraction of sp³-hybridized carbons (Fsp3) is 0.0833. The summed E-state index contributed by atoms with van der Waals surface area (Å²) in [6.07, 6.45) is 8.48. The van der Waals surface area contributed by atoms with Gasteiger partial charge in [-0.1, -0.05) is 44.0 Å². The van der Waals surface area contributed by atoms with Crippen molar-refractivity contribution in [2.24, 2.45) is 0 Å². The van der Waals surface area contributed by atoms with E-state index in [-0.39, 0.29) is 0 Å². The zero-order chi connectivity index (χ0) is 11.4. The second kappa shape index (κ2) is 5.46. The first-order valence-electron chi connectivity index (χ1n) is 4.85. The van der Waals surface area contributed by atoms with Crippen molar-refractivity contribution < 1.29 is 0 Å². The highest BCUT2D eigenvalue weighted by molar-refractivity contribution is 9.11. The van der Waals surface area contributed by atoms with Crippen molar-refractivity contribution in [3.63, 3.8) is 0 Å². The minimum Gasteiger partial charge on any atom is -0.345 e. The second-order valence-electron chi connectivity index (χ2n) is 3.31. The van der Waals surface area contributed by atoms with Crippen LogP contribution < -0.4 is 0 Å². The number of hydrogen-bond donors (Lipinski definition) is 1. The smallest absolute Gasteiger partial charge is 0.0924 e. The van der Waals surface area contributed by atoms with Crippen LogP contribution in [0.5, 0.6) is 0 Å². The van der Waals surface area contributed by atoms with Crippen LogP contribution in [0.1, 0.15) is 11.3 Å². The van der Waals surface area contributed by atoms with Gasteiger partial charge in [0.1, 0.15) is 0 Å². The molecule has 0 aliphatic heterocycles. The molecule has 1 heterocycles. The van der Waals surface area contributed by atoms with Crippen LogP contribution in [0.3, 0.4) is 0 Å². The molecule has 2 aromatic rings. The monoisotopic (exact) mass is 340 g/mol. The molecule has 82 valence electrons. The lowest BCUT2D eigenvalue weighted by molar-refractivity contribution is 1.23. The van der Waals surface area contributed by atoms with Crippen LogP contribution in [0.4, 0.5) is 0 Å². The first kappa shape index (κ1) is 11.6. The van der Waals surface area contributed by atoms with Gasteiger partial charge in [-0.3, -0.25) is 0 Å². The maximum atomic E-state index is 3.96. The number of aromatic amines is 1. The molecule has 0 aliphatic rings. The zero-order valence-electron chi connectivity index (χ0n) is 8.45.